The molecule has 1 N–H and O–H groups in total. The monoisotopic (exact) mass is 424 g/mol. The number of carbonyl (C=O) groups is 1. The topological polar surface area (TPSA) is 51.2 Å². The van der Waals surface area contributed by atoms with E-state index in [0.29, 0.717) is 14.8 Å². The average Bonchev–Trinajstić information content (AvgIpc) is 2.42. The normalized spacial score (nSPS) is 26.1. The van der Waals surface area contributed by atoms with E-state index >= 15 is 0 Å². The van der Waals surface area contributed by atoms with Crippen LogP contribution in [0.4, 0.5) is 4.79 Å². The smallest absolute Gasteiger partial charge is 0.407 e. The molecule has 110 valence electrons. The van der Waals surface area contributed by atoms with Crippen LogP contribution in [0, 0.1) is 0 Å². The SMILES string of the molecule is O=C(N[C@H]1CC[C@H](Br)[C@@H](Br)C1)OCc1ccc(Cl)nc1. The Bertz CT molecular complexity index is 458. The number of halogens is 3. The minimum atomic E-state index is -0.391. The Hall–Kier alpha value is -0.330. The first-order valence-electron chi connectivity index (χ1n) is 6.36. The van der Waals surface area contributed by atoms with E-state index in [1.165, 1.54) is 0 Å². The Labute approximate surface area is 139 Å². The van der Waals surface area contributed by atoms with Crippen molar-refractivity contribution in [3.8, 4) is 0 Å². The van der Waals surface area contributed by atoms with Gasteiger partial charge in [-0.05, 0) is 25.3 Å². The Morgan fingerprint density at radius 1 is 1.40 bits per heavy atom. The number of ether oxygens (including phenoxy) is 1. The van der Waals surface area contributed by atoms with E-state index in [1.807, 2.05) is 0 Å². The van der Waals surface area contributed by atoms with Crippen LogP contribution in [-0.4, -0.2) is 26.8 Å². The van der Waals surface area contributed by atoms with Crippen molar-refractivity contribution in [1.82, 2.24) is 10.3 Å². The van der Waals surface area contributed by atoms with Gasteiger partial charge < -0.3 is 10.1 Å². The Kier molecular flexibility index (Phi) is 6.11. The van der Waals surface area contributed by atoms with Crippen LogP contribution >= 0.6 is 43.5 Å². The van der Waals surface area contributed by atoms with Crippen molar-refractivity contribution in [2.45, 2.75) is 41.6 Å². The number of hydrogen-bond donors (Lipinski definition) is 1. The van der Waals surface area contributed by atoms with Crippen LogP contribution in [0.25, 0.3) is 0 Å². The Morgan fingerprint density at radius 2 is 2.20 bits per heavy atom. The van der Waals surface area contributed by atoms with Gasteiger partial charge in [-0.3, -0.25) is 0 Å². The summed E-state index contributed by atoms with van der Waals surface area (Å²) in [5.74, 6) is 0. The third-order valence-electron chi connectivity index (χ3n) is 3.17. The molecule has 1 aromatic rings. The zero-order chi connectivity index (χ0) is 14.5. The molecule has 4 nitrogen and oxygen atoms in total. The van der Waals surface area contributed by atoms with Gasteiger partial charge in [0.25, 0.3) is 0 Å². The van der Waals surface area contributed by atoms with Crippen molar-refractivity contribution in [1.29, 1.82) is 0 Å². The number of rotatable bonds is 3. The number of amides is 1. The summed E-state index contributed by atoms with van der Waals surface area (Å²) in [7, 11) is 0. The lowest BCUT2D eigenvalue weighted by Crippen LogP contribution is -2.41. The molecule has 0 bridgehead atoms. The largest absolute Gasteiger partial charge is 0.445 e. The van der Waals surface area contributed by atoms with Gasteiger partial charge in [-0.15, -0.1) is 0 Å². The van der Waals surface area contributed by atoms with Gasteiger partial charge in [0.2, 0.25) is 0 Å². The maximum Gasteiger partial charge on any atom is 0.407 e. The summed E-state index contributed by atoms with van der Waals surface area (Å²) in [6.07, 6.45) is 4.09. The Morgan fingerprint density at radius 3 is 2.85 bits per heavy atom. The van der Waals surface area contributed by atoms with Crippen LogP contribution in [0.1, 0.15) is 24.8 Å². The number of hydrogen-bond acceptors (Lipinski definition) is 3. The van der Waals surface area contributed by atoms with Gasteiger partial charge in [-0.1, -0.05) is 49.5 Å². The van der Waals surface area contributed by atoms with Crippen molar-refractivity contribution in [3.05, 3.63) is 29.0 Å². The summed E-state index contributed by atoms with van der Waals surface area (Å²) in [5, 5.41) is 3.32. The third kappa shape index (κ3) is 4.90. The highest BCUT2D eigenvalue weighted by Gasteiger charge is 2.28. The fourth-order valence-electron chi connectivity index (χ4n) is 2.06. The molecular weight excluding hydrogens is 411 g/mol. The lowest BCUT2D eigenvalue weighted by Gasteiger charge is -2.29. The van der Waals surface area contributed by atoms with E-state index < -0.39 is 6.09 Å². The highest BCUT2D eigenvalue weighted by atomic mass is 79.9. The number of alkyl carbamates (subject to hydrolysis) is 1. The molecule has 1 aromatic heterocycles. The van der Waals surface area contributed by atoms with Crippen molar-refractivity contribution in [3.63, 3.8) is 0 Å². The van der Waals surface area contributed by atoms with Crippen molar-refractivity contribution in [2.75, 3.05) is 0 Å². The van der Waals surface area contributed by atoms with Gasteiger partial charge in [-0.25, -0.2) is 9.78 Å². The molecule has 0 spiro atoms. The second-order valence-corrected chi connectivity index (χ2v) is 7.49. The molecule has 1 heterocycles. The predicted octanol–water partition coefficient (Wildman–Crippen LogP) is 4.04. The quantitative estimate of drug-likeness (QED) is 0.586. The van der Waals surface area contributed by atoms with E-state index in [1.54, 1.807) is 18.3 Å². The first-order chi connectivity index (χ1) is 9.54. The summed E-state index contributed by atoms with van der Waals surface area (Å²) in [5.41, 5.74) is 0.812. The molecule has 1 aliphatic rings. The molecule has 1 saturated carbocycles. The lowest BCUT2D eigenvalue weighted by atomic mass is 9.95. The minimum absolute atomic E-state index is 0.156. The fraction of sp³-hybridized carbons (Fsp3) is 0.538. The van der Waals surface area contributed by atoms with E-state index in [0.717, 1.165) is 24.8 Å². The van der Waals surface area contributed by atoms with Crippen LogP contribution in [0.5, 0.6) is 0 Å². The van der Waals surface area contributed by atoms with Gasteiger partial charge in [0.15, 0.2) is 0 Å². The zero-order valence-corrected chi connectivity index (χ0v) is 14.6. The summed E-state index contributed by atoms with van der Waals surface area (Å²) in [6.45, 7) is 0.196. The number of aromatic nitrogens is 1. The van der Waals surface area contributed by atoms with Crippen LogP contribution in [-0.2, 0) is 11.3 Å². The van der Waals surface area contributed by atoms with E-state index in [-0.39, 0.29) is 12.6 Å². The van der Waals surface area contributed by atoms with Crippen LogP contribution in [0.3, 0.4) is 0 Å². The Balaban J connectivity index is 1.74. The van der Waals surface area contributed by atoms with Gasteiger partial charge in [0.05, 0.1) is 0 Å². The molecule has 0 unspecified atom stereocenters. The van der Waals surface area contributed by atoms with E-state index in [2.05, 4.69) is 42.2 Å². The second kappa shape index (κ2) is 7.61. The number of pyridine rings is 1. The summed E-state index contributed by atoms with van der Waals surface area (Å²) >= 11 is 12.9. The number of nitrogens with zero attached hydrogens (tertiary/aromatic N) is 1. The fourth-order valence-corrected chi connectivity index (χ4v) is 3.37. The standard InChI is InChI=1S/C13H15Br2ClN2O2/c14-10-3-2-9(5-11(10)15)18-13(19)20-7-8-1-4-12(16)17-6-8/h1,4,6,9-11H,2-3,5,7H2,(H,18,19)/t9-,10-,11-/m0/s1. The number of alkyl halides is 2. The van der Waals surface area contributed by atoms with Crippen LogP contribution < -0.4 is 5.32 Å². The first-order valence-corrected chi connectivity index (χ1v) is 8.57. The molecule has 1 aliphatic carbocycles. The lowest BCUT2D eigenvalue weighted by molar-refractivity contribution is 0.133. The molecule has 0 radical (unpaired) electrons. The summed E-state index contributed by atoms with van der Waals surface area (Å²) < 4.78 is 5.17. The van der Waals surface area contributed by atoms with Gasteiger partial charge in [0, 0.05) is 27.5 Å². The molecule has 3 atom stereocenters. The maximum absolute atomic E-state index is 11.7. The van der Waals surface area contributed by atoms with Crippen molar-refractivity contribution >= 4 is 49.6 Å². The van der Waals surface area contributed by atoms with Gasteiger partial charge in [-0.2, -0.15) is 0 Å². The highest BCUT2D eigenvalue weighted by Crippen LogP contribution is 2.30. The number of nitrogens with one attached hydrogen (secondary N) is 1. The molecule has 2 rings (SSSR count). The molecule has 0 saturated heterocycles. The average molecular weight is 427 g/mol. The third-order valence-corrected chi connectivity index (χ3v) is 6.21. The van der Waals surface area contributed by atoms with Gasteiger partial charge in [0.1, 0.15) is 11.8 Å². The summed E-state index contributed by atoms with van der Waals surface area (Å²) in [6, 6.07) is 3.61. The van der Waals surface area contributed by atoms with Crippen LogP contribution in [0.15, 0.2) is 18.3 Å². The van der Waals surface area contributed by atoms with Gasteiger partial charge >= 0.3 is 6.09 Å². The molecule has 1 fully saturated rings. The minimum Gasteiger partial charge on any atom is -0.445 e. The predicted molar refractivity (Wildman–Crippen MR) is 85.6 cm³/mol. The first kappa shape index (κ1) is 16.0. The van der Waals surface area contributed by atoms with Crippen LogP contribution in [0.2, 0.25) is 5.15 Å². The molecule has 7 heteroatoms. The molecule has 1 amide bonds. The molecule has 20 heavy (non-hydrogen) atoms. The molecule has 0 aliphatic heterocycles. The molecule has 0 aromatic carbocycles. The van der Waals surface area contributed by atoms with Crippen molar-refractivity contribution in [2.24, 2.45) is 0 Å². The maximum atomic E-state index is 11.7. The molecular formula is C13H15Br2ClN2O2. The summed E-state index contributed by atoms with van der Waals surface area (Å²) in [4.78, 5) is 16.5. The highest BCUT2D eigenvalue weighted by molar-refractivity contribution is 9.12. The second-order valence-electron chi connectivity index (χ2n) is 4.75. The number of carbonyl (C=O) groups excluding carboxylic acids is 1. The van der Waals surface area contributed by atoms with Crippen molar-refractivity contribution < 1.29 is 9.53 Å². The van der Waals surface area contributed by atoms with E-state index in [4.69, 9.17) is 16.3 Å². The zero-order valence-electron chi connectivity index (χ0n) is 10.7. The van der Waals surface area contributed by atoms with E-state index in [9.17, 15) is 4.79 Å².